The van der Waals surface area contributed by atoms with Crippen molar-refractivity contribution in [2.45, 2.75) is 39.4 Å². The Morgan fingerprint density at radius 3 is 2.58 bits per heavy atom. The highest BCUT2D eigenvalue weighted by molar-refractivity contribution is 5.85. The monoisotopic (exact) mass is 569 g/mol. The highest BCUT2D eigenvalue weighted by Gasteiger charge is 2.36. The van der Waals surface area contributed by atoms with E-state index in [-0.39, 0.29) is 12.5 Å². The molecule has 11 heteroatoms. The second kappa shape index (κ2) is 14.5. The number of H-pyrrole nitrogens is 1. The van der Waals surface area contributed by atoms with Gasteiger partial charge in [-0.15, -0.1) is 0 Å². The van der Waals surface area contributed by atoms with Gasteiger partial charge >= 0.3 is 12.6 Å². The first-order valence-electron chi connectivity index (χ1n) is 13.2. The molecule has 0 aliphatic carbocycles. The quantitative estimate of drug-likeness (QED) is 0.272. The van der Waals surface area contributed by atoms with Crippen molar-refractivity contribution in [2.24, 2.45) is 5.92 Å². The number of carboxylic acids is 1. The Balaban J connectivity index is 0.00000103. The number of nitrogens with zero attached hydrogens (tertiary/aromatic N) is 2. The largest absolute Gasteiger partial charge is 0.492 e. The lowest BCUT2D eigenvalue weighted by atomic mass is 9.88. The van der Waals surface area contributed by atoms with E-state index in [2.05, 4.69) is 16.0 Å². The van der Waals surface area contributed by atoms with Gasteiger partial charge in [0.25, 0.3) is 0 Å². The highest BCUT2D eigenvalue weighted by atomic mass is 19.4. The fourth-order valence-corrected chi connectivity index (χ4v) is 5.16. The minimum atomic E-state index is -3.67. The molecular weight excluding hydrogens is 533 g/mol. The number of carbonyl (C=O) groups is 1. The summed E-state index contributed by atoms with van der Waals surface area (Å²) in [6.45, 7) is 2.13. The van der Waals surface area contributed by atoms with E-state index in [1.165, 1.54) is 6.07 Å². The number of nitrogens with one attached hydrogen (secondary N) is 1. The molecule has 1 aromatic heterocycles. The molecule has 0 fully saturated rings. The predicted octanol–water partition coefficient (Wildman–Crippen LogP) is 6.13. The maximum Gasteiger partial charge on any atom is 0.379 e. The minimum absolute atomic E-state index is 0.304. The summed E-state index contributed by atoms with van der Waals surface area (Å²) in [6.07, 6.45) is 1.24. The number of halogens is 5. The van der Waals surface area contributed by atoms with Crippen LogP contribution in [0.3, 0.4) is 0 Å². The Bertz CT molecular complexity index is 1270. The summed E-state index contributed by atoms with van der Waals surface area (Å²) < 4.78 is 63.1. The minimum Gasteiger partial charge on any atom is -0.492 e. The van der Waals surface area contributed by atoms with Gasteiger partial charge in [-0.2, -0.15) is 13.2 Å². The zero-order chi connectivity index (χ0) is 29.4. The van der Waals surface area contributed by atoms with Crippen LogP contribution in [0, 0.1) is 18.7 Å². The molecule has 2 N–H and O–H groups in total. The lowest BCUT2D eigenvalue weighted by Gasteiger charge is -2.38. The lowest BCUT2D eigenvalue weighted by Crippen LogP contribution is -2.41. The Kier molecular flexibility index (Phi) is 11.3. The number of para-hydroxylation sites is 1. The number of aliphatic carboxylic acids is 1. The second-order valence-electron chi connectivity index (χ2n) is 9.98. The second-order valence-corrected chi connectivity index (χ2v) is 9.98. The Morgan fingerprint density at radius 1 is 1.20 bits per heavy atom. The first-order chi connectivity index (χ1) is 19.0. The summed E-state index contributed by atoms with van der Waals surface area (Å²) in [4.78, 5) is 19.3. The van der Waals surface area contributed by atoms with Crippen LogP contribution in [0.15, 0.2) is 36.4 Å². The van der Waals surface area contributed by atoms with Gasteiger partial charge in [0.05, 0.1) is 18.6 Å². The number of benzene rings is 2. The van der Waals surface area contributed by atoms with Crippen LogP contribution < -0.4 is 4.74 Å². The van der Waals surface area contributed by atoms with Gasteiger partial charge in [0, 0.05) is 48.3 Å². The van der Waals surface area contributed by atoms with E-state index in [0.29, 0.717) is 56.1 Å². The van der Waals surface area contributed by atoms with Crippen molar-refractivity contribution in [1.29, 1.82) is 0 Å². The first-order valence-corrected chi connectivity index (χ1v) is 13.2. The molecule has 0 saturated heterocycles. The smallest absolute Gasteiger partial charge is 0.379 e. The predicted molar refractivity (Wildman–Crippen MR) is 144 cm³/mol. The van der Waals surface area contributed by atoms with Crippen LogP contribution in [-0.4, -0.2) is 79.0 Å². The normalized spacial score (nSPS) is 16.1. The third-order valence-electron chi connectivity index (χ3n) is 7.15. The van der Waals surface area contributed by atoms with Crippen molar-refractivity contribution >= 4 is 16.9 Å². The van der Waals surface area contributed by atoms with Gasteiger partial charge in [-0.1, -0.05) is 25.1 Å². The molecular formula is C29H36F5N3O3. The highest BCUT2D eigenvalue weighted by Crippen LogP contribution is 2.42. The number of ether oxygens (including phenoxy) is 1. The maximum atomic E-state index is 15.6. The SMILES string of the molecule is Cc1c(OCCN(C)CCCF)ccc(F)c1C1c2[nH]c3ccccc3c2CCN1CC(C)C(=O)O.FC(F)F. The van der Waals surface area contributed by atoms with E-state index in [9.17, 15) is 27.5 Å². The molecule has 0 spiro atoms. The molecule has 1 aliphatic rings. The van der Waals surface area contributed by atoms with Crippen LogP contribution in [0.5, 0.6) is 5.75 Å². The topological polar surface area (TPSA) is 68.8 Å². The summed E-state index contributed by atoms with van der Waals surface area (Å²) in [6, 6.07) is 10.7. The lowest BCUT2D eigenvalue weighted by molar-refractivity contribution is -0.141. The van der Waals surface area contributed by atoms with Crippen molar-refractivity contribution in [1.82, 2.24) is 14.8 Å². The number of hydrogen-bond donors (Lipinski definition) is 2. The number of rotatable bonds is 11. The van der Waals surface area contributed by atoms with Crippen LogP contribution in [0.25, 0.3) is 10.9 Å². The van der Waals surface area contributed by atoms with Crippen LogP contribution in [0.4, 0.5) is 22.0 Å². The van der Waals surface area contributed by atoms with Crippen molar-refractivity contribution in [2.75, 3.05) is 46.5 Å². The number of hydrogen-bond acceptors (Lipinski definition) is 4. The standard InChI is InChI=1S/C28H35F2N3O3.CHF3/c1-18(28(34)35)17-33-14-11-21-20-7-4-5-8-23(20)31-26(21)27(33)25-19(2)24(10-9-22(25)30)36-16-15-32(3)13-6-12-29;2-1(3)4/h4-5,7-10,18,27,31H,6,11-17H2,1-3H3,(H,34,35);1H. The molecule has 2 heterocycles. The van der Waals surface area contributed by atoms with Gasteiger partial charge in [-0.25, -0.2) is 4.39 Å². The third kappa shape index (κ3) is 7.72. The molecule has 0 bridgehead atoms. The Morgan fingerprint density at radius 2 is 1.90 bits per heavy atom. The van der Waals surface area contributed by atoms with Crippen LogP contribution in [0.2, 0.25) is 0 Å². The number of likely N-dealkylation sites (N-methyl/N-ethyl adjacent to an activating group) is 1. The number of alkyl halides is 4. The fourth-order valence-electron chi connectivity index (χ4n) is 5.16. The summed E-state index contributed by atoms with van der Waals surface area (Å²) in [5, 5.41) is 10.7. The van der Waals surface area contributed by atoms with Gasteiger partial charge in [-0.05, 0) is 56.1 Å². The van der Waals surface area contributed by atoms with E-state index >= 15 is 4.39 Å². The molecule has 1 aliphatic heterocycles. The van der Waals surface area contributed by atoms with Crippen LogP contribution >= 0.6 is 0 Å². The molecule has 4 rings (SSSR count). The zero-order valence-electron chi connectivity index (χ0n) is 22.9. The summed E-state index contributed by atoms with van der Waals surface area (Å²) >= 11 is 0. The molecule has 220 valence electrons. The van der Waals surface area contributed by atoms with Gasteiger partial charge in [-0.3, -0.25) is 14.1 Å². The molecule has 3 aromatic rings. The van der Waals surface area contributed by atoms with E-state index in [1.54, 1.807) is 13.0 Å². The summed E-state index contributed by atoms with van der Waals surface area (Å²) in [7, 11) is 1.92. The summed E-state index contributed by atoms with van der Waals surface area (Å²) in [5.74, 6) is -1.22. The maximum absolute atomic E-state index is 15.6. The molecule has 2 atom stereocenters. The molecule has 2 unspecified atom stereocenters. The molecule has 0 amide bonds. The number of aromatic nitrogens is 1. The van der Waals surface area contributed by atoms with Gasteiger partial charge in [0.15, 0.2) is 0 Å². The molecule has 40 heavy (non-hydrogen) atoms. The van der Waals surface area contributed by atoms with Crippen LogP contribution in [0.1, 0.15) is 41.8 Å². The van der Waals surface area contributed by atoms with Gasteiger partial charge in [0.1, 0.15) is 18.2 Å². The summed E-state index contributed by atoms with van der Waals surface area (Å²) in [5.41, 5.74) is 4.25. The molecule has 6 nitrogen and oxygen atoms in total. The Hall–Kier alpha value is -3.18. The van der Waals surface area contributed by atoms with E-state index in [1.807, 2.05) is 37.1 Å². The first kappa shape index (κ1) is 31.3. The average Bonchev–Trinajstić information content (AvgIpc) is 3.28. The number of fused-ring (bicyclic) bond motifs is 3. The third-order valence-corrected chi connectivity index (χ3v) is 7.15. The zero-order valence-corrected chi connectivity index (χ0v) is 22.9. The number of carboxylic acid groups (broad SMARTS) is 1. The molecule has 2 aromatic carbocycles. The Labute approximate surface area is 230 Å². The van der Waals surface area contributed by atoms with Gasteiger partial charge < -0.3 is 19.7 Å². The van der Waals surface area contributed by atoms with E-state index in [4.69, 9.17) is 4.74 Å². The molecule has 0 saturated carbocycles. The average molecular weight is 570 g/mol. The van der Waals surface area contributed by atoms with E-state index in [0.717, 1.165) is 28.6 Å². The molecule has 0 radical (unpaired) electrons. The number of aromatic amines is 1. The fraction of sp³-hybridized carbons (Fsp3) is 0.483. The van der Waals surface area contributed by atoms with Crippen LogP contribution in [-0.2, 0) is 11.2 Å². The van der Waals surface area contributed by atoms with Crippen molar-refractivity contribution < 1.29 is 36.6 Å². The van der Waals surface area contributed by atoms with Crippen molar-refractivity contribution in [3.8, 4) is 5.75 Å². The van der Waals surface area contributed by atoms with Crippen molar-refractivity contribution in [3.05, 3.63) is 64.6 Å². The van der Waals surface area contributed by atoms with E-state index < -0.39 is 24.6 Å². The van der Waals surface area contributed by atoms with Crippen molar-refractivity contribution in [3.63, 3.8) is 0 Å². The van der Waals surface area contributed by atoms with Gasteiger partial charge in [0.2, 0.25) is 0 Å².